The standard InChI is InChI=1S/C10H14BrN3S/c1-8-10(6-9(11)7-12-8)14-5-3-4-13(2)15-14/h6-7H,3-5H2,1-2H3. The molecule has 0 atom stereocenters. The first kappa shape index (κ1) is 11.2. The molecule has 1 aliphatic rings. The highest BCUT2D eigenvalue weighted by Gasteiger charge is 2.18. The Labute approximate surface area is 103 Å². The van der Waals surface area contributed by atoms with Gasteiger partial charge in [0.1, 0.15) is 0 Å². The number of aromatic nitrogens is 1. The van der Waals surface area contributed by atoms with Crippen LogP contribution in [0.1, 0.15) is 12.1 Å². The second kappa shape index (κ2) is 4.72. The lowest BCUT2D eigenvalue weighted by Gasteiger charge is -2.33. The Kier molecular flexibility index (Phi) is 3.53. The van der Waals surface area contributed by atoms with Gasteiger partial charge in [0.15, 0.2) is 0 Å². The van der Waals surface area contributed by atoms with Crippen molar-refractivity contribution in [3.8, 4) is 0 Å². The molecule has 0 amide bonds. The van der Waals surface area contributed by atoms with E-state index >= 15 is 0 Å². The topological polar surface area (TPSA) is 19.4 Å². The maximum Gasteiger partial charge on any atom is 0.0705 e. The minimum atomic E-state index is 1.04. The second-order valence-corrected chi connectivity index (χ2v) is 5.79. The van der Waals surface area contributed by atoms with E-state index in [1.807, 2.05) is 6.20 Å². The molecule has 1 aromatic heterocycles. The fraction of sp³-hybridized carbons (Fsp3) is 0.500. The summed E-state index contributed by atoms with van der Waals surface area (Å²) in [4.78, 5) is 4.36. The van der Waals surface area contributed by atoms with Crippen molar-refractivity contribution >= 4 is 33.8 Å². The van der Waals surface area contributed by atoms with Crippen LogP contribution in [0, 0.1) is 6.92 Å². The number of hydrogen-bond acceptors (Lipinski definition) is 4. The highest BCUT2D eigenvalue weighted by molar-refractivity contribution is 9.10. The molecule has 5 heteroatoms. The van der Waals surface area contributed by atoms with Crippen LogP contribution >= 0.6 is 28.1 Å². The third kappa shape index (κ3) is 2.65. The fourth-order valence-electron chi connectivity index (χ4n) is 1.60. The number of anilines is 1. The van der Waals surface area contributed by atoms with Gasteiger partial charge in [0.2, 0.25) is 0 Å². The van der Waals surface area contributed by atoms with Gasteiger partial charge in [-0.25, -0.2) is 4.31 Å². The van der Waals surface area contributed by atoms with Crippen molar-refractivity contribution < 1.29 is 0 Å². The van der Waals surface area contributed by atoms with Crippen LogP contribution in [0.5, 0.6) is 0 Å². The third-order valence-corrected chi connectivity index (χ3v) is 3.84. The smallest absolute Gasteiger partial charge is 0.0705 e. The second-order valence-electron chi connectivity index (χ2n) is 3.65. The summed E-state index contributed by atoms with van der Waals surface area (Å²) in [6.45, 7) is 4.30. The van der Waals surface area contributed by atoms with Gasteiger partial charge < -0.3 is 4.31 Å². The summed E-state index contributed by atoms with van der Waals surface area (Å²) in [6, 6.07) is 2.13. The summed E-state index contributed by atoms with van der Waals surface area (Å²) >= 11 is 5.23. The maximum absolute atomic E-state index is 4.36. The molecule has 1 aliphatic heterocycles. The van der Waals surface area contributed by atoms with Crippen LogP contribution in [0.4, 0.5) is 5.69 Å². The number of rotatable bonds is 1. The molecule has 0 spiro atoms. The Morgan fingerprint density at radius 3 is 3.00 bits per heavy atom. The maximum atomic E-state index is 4.36. The lowest BCUT2D eigenvalue weighted by atomic mass is 10.3. The Balaban J connectivity index is 2.24. The monoisotopic (exact) mass is 287 g/mol. The average molecular weight is 288 g/mol. The van der Waals surface area contributed by atoms with Crippen LogP contribution < -0.4 is 4.31 Å². The molecular weight excluding hydrogens is 274 g/mol. The van der Waals surface area contributed by atoms with Crippen LogP contribution in [-0.2, 0) is 0 Å². The quantitative estimate of drug-likeness (QED) is 0.740. The SMILES string of the molecule is Cc1ncc(Br)cc1N1CCCN(C)S1. The third-order valence-electron chi connectivity index (χ3n) is 2.37. The molecule has 2 rings (SSSR count). The largest absolute Gasteiger partial charge is 0.301 e. The molecule has 0 N–H and O–H groups in total. The summed E-state index contributed by atoms with van der Waals surface area (Å²) in [6.07, 6.45) is 3.05. The van der Waals surface area contributed by atoms with Crippen LogP contribution in [0.15, 0.2) is 16.7 Å². The van der Waals surface area contributed by atoms with Crippen molar-refractivity contribution in [3.05, 3.63) is 22.4 Å². The number of aryl methyl sites for hydroxylation is 1. The van der Waals surface area contributed by atoms with E-state index in [0.29, 0.717) is 0 Å². The zero-order valence-corrected chi connectivity index (χ0v) is 11.3. The van der Waals surface area contributed by atoms with E-state index in [1.165, 1.54) is 12.1 Å². The molecule has 0 aliphatic carbocycles. The van der Waals surface area contributed by atoms with E-state index in [9.17, 15) is 0 Å². The molecule has 1 saturated heterocycles. The fourth-order valence-corrected chi connectivity index (χ4v) is 2.95. The van der Waals surface area contributed by atoms with Gasteiger partial charge in [0.05, 0.1) is 11.4 Å². The summed E-state index contributed by atoms with van der Waals surface area (Å²) in [5, 5.41) is 0. The lowest BCUT2D eigenvalue weighted by molar-refractivity contribution is 0.524. The molecule has 1 fully saturated rings. The number of pyridine rings is 1. The number of hydrogen-bond donors (Lipinski definition) is 0. The molecule has 0 unspecified atom stereocenters. The van der Waals surface area contributed by atoms with Crippen LogP contribution in [0.2, 0.25) is 0 Å². The van der Waals surface area contributed by atoms with E-state index in [1.54, 1.807) is 12.1 Å². The van der Waals surface area contributed by atoms with Crippen LogP contribution in [-0.4, -0.2) is 29.4 Å². The first-order valence-electron chi connectivity index (χ1n) is 4.96. The molecule has 0 radical (unpaired) electrons. The molecule has 3 nitrogen and oxygen atoms in total. The van der Waals surface area contributed by atoms with Crippen molar-refractivity contribution in [2.45, 2.75) is 13.3 Å². The first-order valence-corrected chi connectivity index (χ1v) is 6.48. The van der Waals surface area contributed by atoms with Crippen molar-refractivity contribution in [1.29, 1.82) is 0 Å². The van der Waals surface area contributed by atoms with Gasteiger partial charge in [0, 0.05) is 35.9 Å². The van der Waals surface area contributed by atoms with E-state index in [4.69, 9.17) is 0 Å². The van der Waals surface area contributed by atoms with E-state index in [-0.39, 0.29) is 0 Å². The zero-order chi connectivity index (χ0) is 10.8. The minimum Gasteiger partial charge on any atom is -0.301 e. The van der Waals surface area contributed by atoms with Gasteiger partial charge >= 0.3 is 0 Å². The minimum absolute atomic E-state index is 1.04. The Hall–Kier alpha value is -0.260. The normalized spacial score (nSPS) is 18.2. The van der Waals surface area contributed by atoms with Gasteiger partial charge in [-0.1, -0.05) is 0 Å². The highest BCUT2D eigenvalue weighted by atomic mass is 79.9. The molecule has 0 aromatic carbocycles. The van der Waals surface area contributed by atoms with Crippen LogP contribution in [0.3, 0.4) is 0 Å². The average Bonchev–Trinajstić information content (AvgIpc) is 2.22. The van der Waals surface area contributed by atoms with E-state index in [2.05, 4.69) is 49.6 Å². The molecule has 15 heavy (non-hydrogen) atoms. The first-order chi connectivity index (χ1) is 7.16. The van der Waals surface area contributed by atoms with Gasteiger partial charge in [0.25, 0.3) is 0 Å². The summed E-state index contributed by atoms with van der Waals surface area (Å²) in [5.74, 6) is 0. The lowest BCUT2D eigenvalue weighted by Crippen LogP contribution is -2.31. The van der Waals surface area contributed by atoms with E-state index < -0.39 is 0 Å². The summed E-state index contributed by atoms with van der Waals surface area (Å²) in [5.41, 5.74) is 2.29. The summed E-state index contributed by atoms with van der Waals surface area (Å²) in [7, 11) is 2.12. The molecule has 2 heterocycles. The van der Waals surface area contributed by atoms with Crippen LogP contribution in [0.25, 0.3) is 0 Å². The number of nitrogens with zero attached hydrogens (tertiary/aromatic N) is 3. The molecular formula is C10H14BrN3S. The predicted molar refractivity (Wildman–Crippen MR) is 68.9 cm³/mol. The summed E-state index contributed by atoms with van der Waals surface area (Å²) < 4.78 is 5.59. The van der Waals surface area contributed by atoms with Gasteiger partial charge in [-0.3, -0.25) is 4.98 Å². The highest BCUT2D eigenvalue weighted by Crippen LogP contribution is 2.31. The van der Waals surface area contributed by atoms with E-state index in [0.717, 1.165) is 23.3 Å². The Morgan fingerprint density at radius 1 is 1.47 bits per heavy atom. The van der Waals surface area contributed by atoms with Gasteiger partial charge in [-0.2, -0.15) is 0 Å². The predicted octanol–water partition coefficient (Wildman–Crippen LogP) is 2.86. The molecule has 0 saturated carbocycles. The van der Waals surface area contributed by atoms with Crippen molar-refractivity contribution in [2.75, 3.05) is 24.4 Å². The number of halogens is 1. The zero-order valence-electron chi connectivity index (χ0n) is 8.90. The van der Waals surface area contributed by atoms with Crippen molar-refractivity contribution in [2.24, 2.45) is 0 Å². The molecule has 82 valence electrons. The molecule has 0 bridgehead atoms. The Morgan fingerprint density at radius 2 is 2.27 bits per heavy atom. The van der Waals surface area contributed by atoms with Crippen molar-refractivity contribution in [3.63, 3.8) is 0 Å². The van der Waals surface area contributed by atoms with Gasteiger partial charge in [-0.15, -0.1) is 0 Å². The Bertz CT molecular complexity index is 359. The van der Waals surface area contributed by atoms with Crippen molar-refractivity contribution in [1.82, 2.24) is 9.29 Å². The molecule has 1 aromatic rings. The van der Waals surface area contributed by atoms with Gasteiger partial charge in [-0.05, 0) is 42.4 Å².